The normalized spacial score (nSPS) is 16.0. The van der Waals surface area contributed by atoms with Gasteiger partial charge in [-0.05, 0) is 37.5 Å². The van der Waals surface area contributed by atoms with Gasteiger partial charge in [-0.1, -0.05) is 69.2 Å². The van der Waals surface area contributed by atoms with Gasteiger partial charge < -0.3 is 10.2 Å². The van der Waals surface area contributed by atoms with Crippen molar-refractivity contribution in [1.82, 2.24) is 10.2 Å². The zero-order chi connectivity index (χ0) is 18.5. The Morgan fingerprint density at radius 3 is 1.04 bits per heavy atom. The lowest BCUT2D eigenvalue weighted by Crippen LogP contribution is -2.44. The van der Waals surface area contributed by atoms with Crippen molar-refractivity contribution < 1.29 is 0 Å². The highest BCUT2D eigenvalue weighted by Crippen LogP contribution is 2.38. The standard InChI is InChI=1S/C19H36N2.C2H6/c1-11(2)16-18(13(5)6)21(15(9)10)19(14(7)8)17(20-16)12(3)4;1-2/h11-15,20H,1-10H3;1-2H3. The van der Waals surface area contributed by atoms with E-state index in [1.807, 2.05) is 13.8 Å². The number of rotatable bonds is 5. The second-order valence-electron chi connectivity index (χ2n) is 7.81. The van der Waals surface area contributed by atoms with Crippen LogP contribution in [-0.4, -0.2) is 10.9 Å². The highest BCUT2D eigenvalue weighted by Gasteiger charge is 2.33. The molecule has 0 aromatic heterocycles. The fraction of sp³-hybridized carbons (Fsp3) is 0.810. The molecule has 2 nitrogen and oxygen atoms in total. The SMILES string of the molecule is CC.CC(C)C1=C(C(C)C)N(C(C)C)C(C(C)C)=C(C(C)C)N1. The molecule has 0 unspecified atom stereocenters. The molecule has 1 N–H and O–H groups in total. The van der Waals surface area contributed by atoms with E-state index in [0.717, 1.165) is 0 Å². The summed E-state index contributed by atoms with van der Waals surface area (Å²) in [7, 11) is 0. The van der Waals surface area contributed by atoms with Crippen LogP contribution in [0, 0.1) is 23.7 Å². The molecule has 0 saturated heterocycles. The lowest BCUT2D eigenvalue weighted by atomic mass is 9.90. The molecule has 0 aliphatic carbocycles. The van der Waals surface area contributed by atoms with E-state index in [-0.39, 0.29) is 0 Å². The van der Waals surface area contributed by atoms with Gasteiger partial charge in [0.1, 0.15) is 0 Å². The second kappa shape index (κ2) is 9.39. The minimum Gasteiger partial charge on any atom is -0.359 e. The largest absolute Gasteiger partial charge is 0.359 e. The van der Waals surface area contributed by atoms with Crippen molar-refractivity contribution in [3.63, 3.8) is 0 Å². The molecule has 1 aliphatic heterocycles. The molecule has 0 atom stereocenters. The van der Waals surface area contributed by atoms with Crippen molar-refractivity contribution in [2.24, 2.45) is 23.7 Å². The minimum atomic E-state index is 0.490. The van der Waals surface area contributed by atoms with E-state index in [2.05, 4.69) is 79.5 Å². The average Bonchev–Trinajstić information content (AvgIpc) is 2.46. The van der Waals surface area contributed by atoms with Crippen LogP contribution in [-0.2, 0) is 0 Å². The molecule has 1 heterocycles. The maximum Gasteiger partial charge on any atom is 0.0402 e. The summed E-state index contributed by atoms with van der Waals surface area (Å²) in [6, 6.07) is 0.490. The molecule has 1 aliphatic rings. The van der Waals surface area contributed by atoms with E-state index in [9.17, 15) is 0 Å². The minimum absolute atomic E-state index is 0.490. The van der Waals surface area contributed by atoms with Crippen LogP contribution in [0.2, 0.25) is 0 Å². The first kappa shape index (κ1) is 22.1. The molecular formula is C21H42N2. The van der Waals surface area contributed by atoms with E-state index >= 15 is 0 Å². The van der Waals surface area contributed by atoms with Crippen LogP contribution < -0.4 is 5.32 Å². The molecule has 0 spiro atoms. The lowest BCUT2D eigenvalue weighted by Gasteiger charge is -2.45. The summed E-state index contributed by atoms with van der Waals surface area (Å²) in [6.07, 6.45) is 0. The van der Waals surface area contributed by atoms with E-state index < -0.39 is 0 Å². The maximum absolute atomic E-state index is 3.82. The molecule has 0 radical (unpaired) electrons. The van der Waals surface area contributed by atoms with Gasteiger partial charge in [0.05, 0.1) is 0 Å². The molecule has 23 heavy (non-hydrogen) atoms. The molecule has 0 bridgehead atoms. The van der Waals surface area contributed by atoms with Crippen molar-refractivity contribution in [3.8, 4) is 0 Å². The van der Waals surface area contributed by atoms with Gasteiger partial charge in [-0.15, -0.1) is 0 Å². The summed E-state index contributed by atoms with van der Waals surface area (Å²) in [6.45, 7) is 27.0. The Morgan fingerprint density at radius 2 is 0.870 bits per heavy atom. The summed E-state index contributed by atoms with van der Waals surface area (Å²) in [5, 5.41) is 3.82. The van der Waals surface area contributed by atoms with Gasteiger partial charge in [-0.2, -0.15) is 0 Å². The highest BCUT2D eigenvalue weighted by molar-refractivity contribution is 5.34. The van der Waals surface area contributed by atoms with Crippen molar-refractivity contribution in [2.45, 2.75) is 89.1 Å². The van der Waals surface area contributed by atoms with Crippen LogP contribution in [0.5, 0.6) is 0 Å². The Bertz CT molecular complexity index is 387. The summed E-state index contributed by atoms with van der Waals surface area (Å²) in [5.41, 5.74) is 5.78. The Hall–Kier alpha value is -0.920. The maximum atomic E-state index is 3.82. The van der Waals surface area contributed by atoms with Crippen molar-refractivity contribution in [1.29, 1.82) is 0 Å². The lowest BCUT2D eigenvalue weighted by molar-refractivity contribution is 0.263. The zero-order valence-electron chi connectivity index (χ0n) is 17.8. The molecule has 0 fully saturated rings. The van der Waals surface area contributed by atoms with E-state index in [4.69, 9.17) is 0 Å². The first-order valence-electron chi connectivity index (χ1n) is 9.63. The Morgan fingerprint density at radius 1 is 0.565 bits per heavy atom. The molecule has 0 saturated carbocycles. The third-order valence-corrected chi connectivity index (χ3v) is 4.11. The first-order chi connectivity index (χ1) is 10.6. The number of hydrogen-bond acceptors (Lipinski definition) is 2. The quantitative estimate of drug-likeness (QED) is 0.632. The van der Waals surface area contributed by atoms with Crippen molar-refractivity contribution >= 4 is 0 Å². The van der Waals surface area contributed by atoms with Crippen LogP contribution in [0.4, 0.5) is 0 Å². The first-order valence-corrected chi connectivity index (χ1v) is 9.63. The Balaban J connectivity index is 0.00000232. The zero-order valence-corrected chi connectivity index (χ0v) is 17.8. The van der Waals surface area contributed by atoms with Crippen LogP contribution >= 0.6 is 0 Å². The fourth-order valence-corrected chi connectivity index (χ4v) is 3.28. The van der Waals surface area contributed by atoms with Crippen LogP contribution in [0.15, 0.2) is 22.8 Å². The van der Waals surface area contributed by atoms with Crippen LogP contribution in [0.25, 0.3) is 0 Å². The summed E-state index contributed by atoms with van der Waals surface area (Å²) >= 11 is 0. The Kier molecular flexibility index (Phi) is 9.02. The summed E-state index contributed by atoms with van der Waals surface area (Å²) in [5.74, 6) is 2.09. The number of nitrogens with one attached hydrogen (secondary N) is 1. The smallest absolute Gasteiger partial charge is 0.0402 e. The number of nitrogens with zero attached hydrogens (tertiary/aromatic N) is 1. The molecular weight excluding hydrogens is 280 g/mol. The molecule has 136 valence electrons. The highest BCUT2D eigenvalue weighted by atomic mass is 15.2. The van der Waals surface area contributed by atoms with E-state index in [1.165, 1.54) is 22.8 Å². The molecule has 0 aromatic rings. The third kappa shape index (κ3) is 5.02. The van der Waals surface area contributed by atoms with Crippen molar-refractivity contribution in [2.75, 3.05) is 0 Å². The molecule has 0 amide bonds. The number of hydrogen-bond donors (Lipinski definition) is 1. The van der Waals surface area contributed by atoms with Gasteiger partial charge in [0.15, 0.2) is 0 Å². The van der Waals surface area contributed by atoms with Crippen LogP contribution in [0.1, 0.15) is 83.1 Å². The topological polar surface area (TPSA) is 15.3 Å². The van der Waals surface area contributed by atoms with Crippen LogP contribution in [0.3, 0.4) is 0 Å². The molecule has 0 aromatic carbocycles. The summed E-state index contributed by atoms with van der Waals surface area (Å²) in [4.78, 5) is 2.61. The molecule has 2 heteroatoms. The van der Waals surface area contributed by atoms with Gasteiger partial charge in [0.2, 0.25) is 0 Å². The van der Waals surface area contributed by atoms with Gasteiger partial charge in [0.25, 0.3) is 0 Å². The van der Waals surface area contributed by atoms with Crippen molar-refractivity contribution in [3.05, 3.63) is 22.8 Å². The summed E-state index contributed by atoms with van der Waals surface area (Å²) < 4.78 is 0. The van der Waals surface area contributed by atoms with Gasteiger partial charge in [-0.25, -0.2) is 0 Å². The average molecular weight is 323 g/mol. The molecule has 1 rings (SSSR count). The number of allylic oxidation sites excluding steroid dienone is 4. The van der Waals surface area contributed by atoms with E-state index in [1.54, 1.807) is 0 Å². The third-order valence-electron chi connectivity index (χ3n) is 4.11. The Labute approximate surface area is 146 Å². The van der Waals surface area contributed by atoms with Gasteiger partial charge in [-0.3, -0.25) is 0 Å². The van der Waals surface area contributed by atoms with E-state index in [0.29, 0.717) is 29.7 Å². The predicted octanol–water partition coefficient (Wildman–Crippen LogP) is 6.37. The predicted molar refractivity (Wildman–Crippen MR) is 105 cm³/mol. The van der Waals surface area contributed by atoms with Gasteiger partial charge in [0, 0.05) is 28.8 Å². The van der Waals surface area contributed by atoms with Gasteiger partial charge >= 0.3 is 0 Å². The second-order valence-corrected chi connectivity index (χ2v) is 7.81. The fourth-order valence-electron chi connectivity index (χ4n) is 3.28. The monoisotopic (exact) mass is 322 g/mol.